The lowest BCUT2D eigenvalue weighted by molar-refractivity contribution is -0.145. The molecular weight excluding hydrogens is 488 g/mol. The fourth-order valence-electron chi connectivity index (χ4n) is 3.97. The summed E-state index contributed by atoms with van der Waals surface area (Å²) in [7, 11) is 1.54. The van der Waals surface area contributed by atoms with Crippen molar-refractivity contribution in [3.63, 3.8) is 0 Å². The SMILES string of the molecule is CCCc1c(OCCCOc2cc(CC(Oc3ccccc3)C(=O)O)ccc2OC)ccc(C(C)=O)c1O. The van der Waals surface area contributed by atoms with Crippen LogP contribution >= 0.6 is 0 Å². The van der Waals surface area contributed by atoms with Gasteiger partial charge >= 0.3 is 5.97 Å². The number of carbonyl (C=O) groups is 2. The Balaban J connectivity index is 1.60. The molecule has 0 radical (unpaired) electrons. The molecule has 202 valence electrons. The summed E-state index contributed by atoms with van der Waals surface area (Å²) in [6.45, 7) is 4.07. The molecule has 0 spiro atoms. The molecule has 0 amide bonds. The molecule has 0 heterocycles. The van der Waals surface area contributed by atoms with Crippen LogP contribution < -0.4 is 18.9 Å². The summed E-state index contributed by atoms with van der Waals surface area (Å²) in [5.74, 6) is 0.768. The number of ketones is 1. The van der Waals surface area contributed by atoms with E-state index >= 15 is 0 Å². The van der Waals surface area contributed by atoms with Gasteiger partial charge < -0.3 is 29.2 Å². The molecular formula is C30H34O8. The number of carbonyl (C=O) groups excluding carboxylic acids is 1. The van der Waals surface area contributed by atoms with Crippen LogP contribution in [0.1, 0.15) is 48.2 Å². The van der Waals surface area contributed by atoms with Crippen molar-refractivity contribution >= 4 is 11.8 Å². The summed E-state index contributed by atoms with van der Waals surface area (Å²) in [4.78, 5) is 23.5. The number of hydrogen-bond donors (Lipinski definition) is 2. The van der Waals surface area contributed by atoms with Crippen LogP contribution in [0.25, 0.3) is 0 Å². The van der Waals surface area contributed by atoms with E-state index in [4.69, 9.17) is 18.9 Å². The van der Waals surface area contributed by atoms with Crippen molar-refractivity contribution in [2.24, 2.45) is 0 Å². The van der Waals surface area contributed by atoms with Crippen molar-refractivity contribution in [2.75, 3.05) is 20.3 Å². The number of aromatic hydroxyl groups is 1. The number of aliphatic carboxylic acids is 1. The van der Waals surface area contributed by atoms with Crippen molar-refractivity contribution in [1.29, 1.82) is 0 Å². The van der Waals surface area contributed by atoms with E-state index < -0.39 is 12.1 Å². The average Bonchev–Trinajstić information content (AvgIpc) is 2.90. The quantitative estimate of drug-likeness (QED) is 0.199. The predicted octanol–water partition coefficient (Wildman–Crippen LogP) is 5.48. The van der Waals surface area contributed by atoms with Gasteiger partial charge in [0, 0.05) is 18.4 Å². The lowest BCUT2D eigenvalue weighted by Crippen LogP contribution is -2.29. The van der Waals surface area contributed by atoms with E-state index in [1.54, 1.807) is 54.6 Å². The van der Waals surface area contributed by atoms with Gasteiger partial charge in [-0.3, -0.25) is 4.79 Å². The highest BCUT2D eigenvalue weighted by atomic mass is 16.5. The van der Waals surface area contributed by atoms with E-state index in [0.29, 0.717) is 54.6 Å². The molecule has 3 rings (SSSR count). The Kier molecular flexibility index (Phi) is 10.4. The normalized spacial score (nSPS) is 11.4. The minimum absolute atomic E-state index is 0.0226. The summed E-state index contributed by atoms with van der Waals surface area (Å²) in [5.41, 5.74) is 1.64. The first-order valence-corrected chi connectivity index (χ1v) is 12.6. The van der Waals surface area contributed by atoms with Crippen LogP contribution in [0.4, 0.5) is 0 Å². The van der Waals surface area contributed by atoms with E-state index in [0.717, 1.165) is 12.0 Å². The fraction of sp³-hybridized carbons (Fsp3) is 0.333. The minimum atomic E-state index is -1.06. The minimum Gasteiger partial charge on any atom is -0.507 e. The number of benzene rings is 3. The van der Waals surface area contributed by atoms with Crippen molar-refractivity contribution in [2.45, 2.75) is 45.6 Å². The highest BCUT2D eigenvalue weighted by Crippen LogP contribution is 2.33. The summed E-state index contributed by atoms with van der Waals surface area (Å²) in [6, 6.07) is 17.4. The van der Waals surface area contributed by atoms with E-state index in [1.807, 2.05) is 13.0 Å². The maximum Gasteiger partial charge on any atom is 0.345 e. The van der Waals surface area contributed by atoms with Crippen LogP contribution in [-0.2, 0) is 17.6 Å². The topological polar surface area (TPSA) is 112 Å². The summed E-state index contributed by atoms with van der Waals surface area (Å²) in [6.07, 6.45) is 1.02. The standard InChI is InChI=1S/C30H34O8/c1-4-9-24-25(15-13-23(20(2)31)29(24)32)36-16-8-17-37-27-18-21(12-14-26(27)35-3)19-28(30(33)34)38-22-10-6-5-7-11-22/h5-7,10-15,18,28,32H,4,8-9,16-17,19H2,1-3H3,(H,33,34). The zero-order valence-electron chi connectivity index (χ0n) is 21.9. The van der Waals surface area contributed by atoms with Gasteiger partial charge in [0.2, 0.25) is 0 Å². The third-order valence-electron chi connectivity index (χ3n) is 5.87. The highest BCUT2D eigenvalue weighted by molar-refractivity contribution is 5.97. The molecule has 0 fully saturated rings. The van der Waals surface area contributed by atoms with Gasteiger partial charge in [-0.05, 0) is 55.3 Å². The number of Topliss-reactive ketones (excluding diaryl/α,β-unsaturated/α-hetero) is 1. The van der Waals surface area contributed by atoms with Gasteiger partial charge in [0.05, 0.1) is 25.9 Å². The molecule has 2 N–H and O–H groups in total. The summed E-state index contributed by atoms with van der Waals surface area (Å²) in [5, 5.41) is 20.1. The smallest absolute Gasteiger partial charge is 0.345 e. The Morgan fingerprint density at radius 2 is 1.61 bits per heavy atom. The third-order valence-corrected chi connectivity index (χ3v) is 5.87. The highest BCUT2D eigenvalue weighted by Gasteiger charge is 2.21. The molecule has 1 atom stereocenters. The second kappa shape index (κ2) is 13.9. The molecule has 0 saturated carbocycles. The Hall–Kier alpha value is -4.20. The van der Waals surface area contributed by atoms with Crippen molar-refractivity contribution < 1.29 is 38.7 Å². The van der Waals surface area contributed by atoms with Crippen LogP contribution in [0.3, 0.4) is 0 Å². The maximum absolute atomic E-state index is 11.8. The maximum atomic E-state index is 11.8. The molecule has 0 saturated heterocycles. The molecule has 0 aliphatic heterocycles. The number of rotatable bonds is 15. The largest absolute Gasteiger partial charge is 0.507 e. The molecule has 0 aliphatic carbocycles. The number of phenolic OH excluding ortho intramolecular Hbond substituents is 1. The number of carboxylic acid groups (broad SMARTS) is 1. The first-order valence-electron chi connectivity index (χ1n) is 12.6. The van der Waals surface area contributed by atoms with Gasteiger partial charge in [-0.25, -0.2) is 4.79 Å². The van der Waals surface area contributed by atoms with Crippen LogP contribution in [0, 0.1) is 0 Å². The van der Waals surface area contributed by atoms with E-state index in [9.17, 15) is 19.8 Å². The molecule has 8 heteroatoms. The molecule has 3 aromatic rings. The molecule has 1 unspecified atom stereocenters. The number of phenols is 1. The van der Waals surface area contributed by atoms with Crippen molar-refractivity contribution in [3.8, 4) is 28.7 Å². The molecule has 8 nitrogen and oxygen atoms in total. The Bertz CT molecular complexity index is 1220. The van der Waals surface area contributed by atoms with Crippen LogP contribution in [0.5, 0.6) is 28.7 Å². The Morgan fingerprint density at radius 1 is 0.921 bits per heavy atom. The first kappa shape index (κ1) is 28.4. The Labute approximate surface area is 222 Å². The number of ether oxygens (including phenoxy) is 4. The third kappa shape index (κ3) is 7.65. The summed E-state index contributed by atoms with van der Waals surface area (Å²) < 4.78 is 22.9. The lowest BCUT2D eigenvalue weighted by Gasteiger charge is -2.17. The first-order chi connectivity index (χ1) is 18.3. The van der Waals surface area contributed by atoms with Gasteiger partial charge in [-0.1, -0.05) is 37.6 Å². The summed E-state index contributed by atoms with van der Waals surface area (Å²) >= 11 is 0. The lowest BCUT2D eigenvalue weighted by atomic mass is 10.0. The monoisotopic (exact) mass is 522 g/mol. The van der Waals surface area contributed by atoms with Crippen molar-refractivity contribution in [1.82, 2.24) is 0 Å². The number of hydrogen-bond acceptors (Lipinski definition) is 7. The molecule has 0 bridgehead atoms. The van der Waals surface area contributed by atoms with Gasteiger partial charge in [-0.2, -0.15) is 0 Å². The van der Waals surface area contributed by atoms with Gasteiger partial charge in [0.1, 0.15) is 17.2 Å². The van der Waals surface area contributed by atoms with Crippen LogP contribution in [0.2, 0.25) is 0 Å². The van der Waals surface area contributed by atoms with Gasteiger partial charge in [-0.15, -0.1) is 0 Å². The zero-order valence-corrected chi connectivity index (χ0v) is 21.9. The molecule has 3 aromatic carbocycles. The number of carboxylic acids is 1. The second-order valence-electron chi connectivity index (χ2n) is 8.74. The van der Waals surface area contributed by atoms with E-state index in [1.165, 1.54) is 14.0 Å². The molecule has 0 aliphatic rings. The number of methoxy groups -OCH3 is 1. The zero-order chi connectivity index (χ0) is 27.5. The molecule has 0 aromatic heterocycles. The van der Waals surface area contributed by atoms with E-state index in [2.05, 4.69) is 0 Å². The van der Waals surface area contributed by atoms with Crippen LogP contribution in [-0.4, -0.2) is 48.4 Å². The average molecular weight is 523 g/mol. The van der Waals surface area contributed by atoms with Gasteiger partial charge in [0.25, 0.3) is 0 Å². The van der Waals surface area contributed by atoms with Gasteiger partial charge in [0.15, 0.2) is 23.4 Å². The van der Waals surface area contributed by atoms with Crippen LogP contribution in [0.15, 0.2) is 60.7 Å². The van der Waals surface area contributed by atoms with E-state index in [-0.39, 0.29) is 23.5 Å². The second-order valence-corrected chi connectivity index (χ2v) is 8.74. The predicted molar refractivity (Wildman–Crippen MR) is 143 cm³/mol. The number of para-hydroxylation sites is 1. The van der Waals surface area contributed by atoms with Crippen molar-refractivity contribution in [3.05, 3.63) is 77.4 Å². The Morgan fingerprint density at radius 3 is 2.24 bits per heavy atom. The fourth-order valence-corrected chi connectivity index (χ4v) is 3.97. The molecule has 38 heavy (non-hydrogen) atoms.